The molecule has 0 aromatic heterocycles. The number of benzene rings is 2. The van der Waals surface area contributed by atoms with E-state index < -0.39 is 24.4 Å². The van der Waals surface area contributed by atoms with Gasteiger partial charge < -0.3 is 9.53 Å². The van der Waals surface area contributed by atoms with Gasteiger partial charge in [0.25, 0.3) is 0 Å². The molecule has 5 nitrogen and oxygen atoms in total. The summed E-state index contributed by atoms with van der Waals surface area (Å²) in [4.78, 5) is 0.262. The Morgan fingerprint density at radius 1 is 1.14 bits per heavy atom. The fourth-order valence-corrected chi connectivity index (χ4v) is 6.50. The van der Waals surface area contributed by atoms with E-state index in [1.165, 1.54) is 4.31 Å². The van der Waals surface area contributed by atoms with Crippen LogP contribution in [0, 0.1) is 0 Å². The second kappa shape index (κ2) is 7.53. The fourth-order valence-electron chi connectivity index (χ4n) is 3.45. The van der Waals surface area contributed by atoms with Crippen molar-refractivity contribution in [2.45, 2.75) is 62.4 Å². The molecule has 2 unspecified atom stereocenters. The van der Waals surface area contributed by atoms with Crippen LogP contribution < -0.4 is 0 Å². The highest BCUT2D eigenvalue weighted by atomic mass is 32.2. The molecule has 7 heteroatoms. The number of sulfonamides is 1. The standard InChI is InChI=1S/C21H31NO4SSi/c1-21(2,3)28(4,5)26-19-13-18(15-23)22(14-19)27(24,25)20-11-10-16-8-6-7-9-17(16)12-20/h6-12,18-19,23H,13-15H2,1-5H3. The molecule has 2 aromatic carbocycles. The van der Waals surface area contributed by atoms with Crippen LogP contribution in [0.2, 0.25) is 18.1 Å². The lowest BCUT2D eigenvalue weighted by Crippen LogP contribution is -2.44. The molecule has 0 aliphatic carbocycles. The number of aliphatic hydroxyl groups excluding tert-OH is 1. The van der Waals surface area contributed by atoms with E-state index in [4.69, 9.17) is 4.43 Å². The van der Waals surface area contributed by atoms with Crippen molar-refractivity contribution in [2.24, 2.45) is 0 Å². The van der Waals surface area contributed by atoms with E-state index in [9.17, 15) is 13.5 Å². The first-order valence-corrected chi connectivity index (χ1v) is 14.1. The zero-order chi connectivity index (χ0) is 20.7. The maximum Gasteiger partial charge on any atom is 0.243 e. The van der Waals surface area contributed by atoms with Crippen molar-refractivity contribution in [3.8, 4) is 0 Å². The smallest absolute Gasteiger partial charge is 0.243 e. The summed E-state index contributed by atoms with van der Waals surface area (Å²) in [5.41, 5.74) is 0. The number of aliphatic hydroxyl groups is 1. The van der Waals surface area contributed by atoms with Crippen LogP contribution in [-0.2, 0) is 14.4 Å². The van der Waals surface area contributed by atoms with Crippen LogP contribution in [0.15, 0.2) is 47.4 Å². The summed E-state index contributed by atoms with van der Waals surface area (Å²) in [6.07, 6.45) is 0.337. The molecule has 0 saturated carbocycles. The molecule has 2 aromatic rings. The van der Waals surface area contributed by atoms with Crippen molar-refractivity contribution in [3.05, 3.63) is 42.5 Å². The molecule has 0 amide bonds. The molecule has 3 rings (SSSR count). The summed E-state index contributed by atoms with van der Waals surface area (Å²) in [5.74, 6) is 0. The van der Waals surface area contributed by atoms with Crippen LogP contribution in [-0.4, -0.2) is 51.4 Å². The Balaban J connectivity index is 1.88. The van der Waals surface area contributed by atoms with Crippen molar-refractivity contribution < 1.29 is 18.0 Å². The fraction of sp³-hybridized carbons (Fsp3) is 0.524. The normalized spacial score (nSPS) is 22.1. The highest BCUT2D eigenvalue weighted by molar-refractivity contribution is 7.89. The maximum absolute atomic E-state index is 13.3. The van der Waals surface area contributed by atoms with Crippen molar-refractivity contribution in [1.29, 1.82) is 0 Å². The second-order valence-electron chi connectivity index (χ2n) is 9.16. The van der Waals surface area contributed by atoms with Crippen LogP contribution in [0.25, 0.3) is 10.8 Å². The van der Waals surface area contributed by atoms with Gasteiger partial charge in [0.15, 0.2) is 8.32 Å². The largest absolute Gasteiger partial charge is 0.413 e. The number of hydrogen-bond donors (Lipinski definition) is 1. The minimum absolute atomic E-state index is 0.0480. The molecule has 0 bridgehead atoms. The number of rotatable bonds is 5. The van der Waals surface area contributed by atoms with E-state index in [1.54, 1.807) is 12.1 Å². The Kier molecular flexibility index (Phi) is 5.77. The van der Waals surface area contributed by atoms with Crippen molar-refractivity contribution >= 4 is 29.1 Å². The third-order valence-electron chi connectivity index (χ3n) is 6.13. The predicted octanol–water partition coefficient (Wildman–Crippen LogP) is 3.99. The zero-order valence-corrected chi connectivity index (χ0v) is 19.2. The Bertz CT molecular complexity index is 952. The Morgan fingerprint density at radius 2 is 1.79 bits per heavy atom. The summed E-state index contributed by atoms with van der Waals surface area (Å²) >= 11 is 0. The van der Waals surface area contributed by atoms with Crippen LogP contribution in [0.3, 0.4) is 0 Å². The molecule has 1 aliphatic heterocycles. The molecule has 1 N–H and O–H groups in total. The van der Waals surface area contributed by atoms with E-state index in [0.29, 0.717) is 6.42 Å². The van der Waals surface area contributed by atoms with Gasteiger partial charge in [-0.3, -0.25) is 0 Å². The topological polar surface area (TPSA) is 66.8 Å². The molecule has 1 saturated heterocycles. The van der Waals surface area contributed by atoms with Crippen molar-refractivity contribution in [1.82, 2.24) is 4.31 Å². The van der Waals surface area contributed by atoms with E-state index >= 15 is 0 Å². The Labute approximate surface area is 169 Å². The van der Waals surface area contributed by atoms with Gasteiger partial charge in [0, 0.05) is 6.54 Å². The Morgan fingerprint density at radius 3 is 2.39 bits per heavy atom. The van der Waals surface area contributed by atoms with E-state index in [0.717, 1.165) is 10.8 Å². The van der Waals surface area contributed by atoms with Crippen LogP contribution in [0.5, 0.6) is 0 Å². The molecular weight excluding hydrogens is 390 g/mol. The van der Waals surface area contributed by atoms with Gasteiger partial charge in [-0.25, -0.2) is 8.42 Å². The lowest BCUT2D eigenvalue weighted by Gasteiger charge is -2.38. The summed E-state index contributed by atoms with van der Waals surface area (Å²) in [6, 6.07) is 12.4. The SMILES string of the molecule is CC(C)(C)[Si](C)(C)OC1CC(CO)N(S(=O)(=O)c2ccc3ccccc3c2)C1. The molecule has 1 aliphatic rings. The average molecular weight is 422 g/mol. The molecule has 28 heavy (non-hydrogen) atoms. The predicted molar refractivity (Wildman–Crippen MR) is 115 cm³/mol. The van der Waals surface area contributed by atoms with E-state index in [1.807, 2.05) is 30.3 Å². The van der Waals surface area contributed by atoms with Crippen LogP contribution >= 0.6 is 0 Å². The lowest BCUT2D eigenvalue weighted by atomic mass is 10.1. The molecule has 0 radical (unpaired) electrons. The average Bonchev–Trinajstić information content (AvgIpc) is 3.03. The lowest BCUT2D eigenvalue weighted by molar-refractivity contribution is 0.188. The number of hydrogen-bond acceptors (Lipinski definition) is 4. The minimum atomic E-state index is -3.71. The highest BCUT2D eigenvalue weighted by Crippen LogP contribution is 2.39. The van der Waals surface area contributed by atoms with Gasteiger partial charge in [-0.05, 0) is 47.5 Å². The van der Waals surface area contributed by atoms with Crippen molar-refractivity contribution in [2.75, 3.05) is 13.2 Å². The molecule has 1 heterocycles. The molecule has 1 fully saturated rings. The van der Waals surface area contributed by atoms with Crippen molar-refractivity contribution in [3.63, 3.8) is 0 Å². The zero-order valence-electron chi connectivity index (χ0n) is 17.3. The molecular formula is C21H31NO4SSi. The van der Waals surface area contributed by atoms with Gasteiger partial charge in [0.05, 0.1) is 23.6 Å². The summed E-state index contributed by atoms with van der Waals surface area (Å²) < 4.78 is 34.5. The quantitative estimate of drug-likeness (QED) is 0.742. The third-order valence-corrected chi connectivity index (χ3v) is 12.6. The number of fused-ring (bicyclic) bond motifs is 1. The van der Waals surface area contributed by atoms with Crippen LogP contribution in [0.1, 0.15) is 27.2 Å². The Hall–Kier alpha value is -1.25. The minimum Gasteiger partial charge on any atom is -0.413 e. The van der Waals surface area contributed by atoms with Gasteiger partial charge in [0.1, 0.15) is 0 Å². The second-order valence-corrected chi connectivity index (χ2v) is 15.8. The first-order valence-electron chi connectivity index (χ1n) is 9.75. The molecule has 2 atom stereocenters. The van der Waals surface area contributed by atoms with Gasteiger partial charge in [0.2, 0.25) is 10.0 Å². The van der Waals surface area contributed by atoms with Gasteiger partial charge in [-0.15, -0.1) is 0 Å². The van der Waals surface area contributed by atoms with E-state index in [-0.39, 0.29) is 29.2 Å². The van der Waals surface area contributed by atoms with Gasteiger partial charge in [-0.2, -0.15) is 4.31 Å². The monoisotopic (exact) mass is 421 g/mol. The molecule has 0 spiro atoms. The number of nitrogens with zero attached hydrogens (tertiary/aromatic N) is 1. The van der Waals surface area contributed by atoms with Gasteiger partial charge in [-0.1, -0.05) is 51.1 Å². The van der Waals surface area contributed by atoms with Crippen LogP contribution in [0.4, 0.5) is 0 Å². The summed E-state index contributed by atoms with van der Waals surface area (Å²) in [6.45, 7) is 10.9. The van der Waals surface area contributed by atoms with Gasteiger partial charge >= 0.3 is 0 Å². The maximum atomic E-state index is 13.3. The first kappa shape index (κ1) is 21.5. The third kappa shape index (κ3) is 4.04. The first-order chi connectivity index (χ1) is 13.0. The highest BCUT2D eigenvalue weighted by Gasteiger charge is 2.45. The van der Waals surface area contributed by atoms with E-state index in [2.05, 4.69) is 33.9 Å². The molecule has 154 valence electrons. The summed E-state index contributed by atoms with van der Waals surface area (Å²) in [5, 5.41) is 11.8. The summed E-state index contributed by atoms with van der Waals surface area (Å²) in [7, 11) is -5.73.